The van der Waals surface area contributed by atoms with Crippen molar-refractivity contribution in [3.63, 3.8) is 0 Å². The van der Waals surface area contributed by atoms with Gasteiger partial charge in [0.1, 0.15) is 21.4 Å². The first-order valence-corrected chi connectivity index (χ1v) is 16.9. The number of rotatable bonds is 5. The highest BCUT2D eigenvalue weighted by Crippen LogP contribution is 2.27. The number of carbonyl (C=O) groups excluding carboxylic acids is 4. The van der Waals surface area contributed by atoms with Gasteiger partial charge in [0, 0.05) is 36.0 Å². The number of benzene rings is 2. The fourth-order valence-corrected chi connectivity index (χ4v) is 6.98. The second-order valence-corrected chi connectivity index (χ2v) is 13.2. The van der Waals surface area contributed by atoms with E-state index >= 15 is 0 Å². The van der Waals surface area contributed by atoms with E-state index in [9.17, 15) is 19.2 Å². The Hall–Kier alpha value is -4.17. The van der Waals surface area contributed by atoms with Crippen LogP contribution in [0.15, 0.2) is 65.4 Å². The molecule has 248 valence electrons. The number of hydrogen-bond acceptors (Lipinski definition) is 9. The van der Waals surface area contributed by atoms with Crippen molar-refractivity contribution >= 4 is 58.7 Å². The Morgan fingerprint density at radius 3 is 2.34 bits per heavy atom. The summed E-state index contributed by atoms with van der Waals surface area (Å²) in [6.07, 6.45) is 0.850. The maximum atomic E-state index is 13.7. The minimum atomic E-state index is -0.539. The standard InChI is InChI=1S/C33H37N7O4S2.ClH/c1-20(2)28-32-38-25(18-46-32)29(42)35-12-7-13-40(33(44)23-11-6-10-22(14-23)16-34)17-27(41)36-24(15-21-8-4-3-5-9-21)31-37-26(19-45-31)30(43)39-28;/h3-6,8-11,14,18-20,24,28H,7,12-13,15-17,34H2,1-2H3,(H,35,42)(H,36,41)(H,39,43);1H/t24-,28-;/m0./s1. The SMILES string of the molecule is CC(C)[C@@H]1NC(=O)c2csc(n2)[C@H](Cc2ccccc2)NC(=O)CN(C(=O)c2cccc(CN)c2)CCCNC(=O)c2csc1n2.Cl. The number of thiazole rings is 2. The average Bonchev–Trinajstić information content (AvgIpc) is 3.75. The van der Waals surface area contributed by atoms with Crippen molar-refractivity contribution in [1.29, 1.82) is 0 Å². The molecule has 0 saturated carbocycles. The molecule has 0 spiro atoms. The second kappa shape index (κ2) is 16.6. The third-order valence-corrected chi connectivity index (χ3v) is 9.45. The van der Waals surface area contributed by atoms with Crippen molar-refractivity contribution in [2.24, 2.45) is 11.7 Å². The number of nitrogens with zero attached hydrogens (tertiary/aromatic N) is 3. The van der Waals surface area contributed by atoms with Crippen molar-refractivity contribution in [1.82, 2.24) is 30.8 Å². The normalized spacial score (nSPS) is 17.8. The van der Waals surface area contributed by atoms with Crippen LogP contribution in [0.5, 0.6) is 0 Å². The van der Waals surface area contributed by atoms with Crippen molar-refractivity contribution in [3.05, 3.63) is 103 Å². The van der Waals surface area contributed by atoms with Crippen LogP contribution in [0.4, 0.5) is 0 Å². The van der Waals surface area contributed by atoms with Gasteiger partial charge in [-0.2, -0.15) is 0 Å². The van der Waals surface area contributed by atoms with Gasteiger partial charge in [-0.25, -0.2) is 9.97 Å². The molecular formula is C33H38ClN7O4S2. The van der Waals surface area contributed by atoms with Crippen molar-refractivity contribution < 1.29 is 19.2 Å². The number of fused-ring (bicyclic) bond motifs is 4. The van der Waals surface area contributed by atoms with Gasteiger partial charge in [0.2, 0.25) is 5.91 Å². The third-order valence-electron chi connectivity index (χ3n) is 7.57. The number of carbonyl (C=O) groups is 4. The largest absolute Gasteiger partial charge is 0.351 e. The highest BCUT2D eigenvalue weighted by atomic mass is 35.5. The first-order valence-electron chi connectivity index (χ1n) is 15.1. The van der Waals surface area contributed by atoms with E-state index in [4.69, 9.17) is 5.73 Å². The third kappa shape index (κ3) is 9.22. The number of aromatic nitrogens is 2. The number of hydrogen-bond donors (Lipinski definition) is 4. The lowest BCUT2D eigenvalue weighted by atomic mass is 10.0. The highest BCUT2D eigenvalue weighted by Gasteiger charge is 2.27. The molecule has 1 aliphatic rings. The van der Waals surface area contributed by atoms with Crippen molar-refractivity contribution in [3.8, 4) is 0 Å². The zero-order chi connectivity index (χ0) is 32.6. The number of nitrogens with two attached hydrogens (primary N) is 1. The van der Waals surface area contributed by atoms with E-state index in [2.05, 4.69) is 25.9 Å². The number of amides is 4. The molecule has 5 N–H and O–H groups in total. The van der Waals surface area contributed by atoms with Gasteiger partial charge in [-0.15, -0.1) is 35.1 Å². The molecule has 0 saturated heterocycles. The van der Waals surface area contributed by atoms with Crippen LogP contribution in [-0.2, 0) is 17.8 Å². The monoisotopic (exact) mass is 695 g/mol. The summed E-state index contributed by atoms with van der Waals surface area (Å²) in [5.41, 5.74) is 8.49. The van der Waals surface area contributed by atoms with E-state index < -0.39 is 12.1 Å². The summed E-state index contributed by atoms with van der Waals surface area (Å²) in [6.45, 7) is 4.49. The summed E-state index contributed by atoms with van der Waals surface area (Å²) in [5.74, 6) is -1.42. The molecule has 4 amide bonds. The molecule has 0 unspecified atom stereocenters. The molecular weight excluding hydrogens is 658 g/mol. The quantitative estimate of drug-likeness (QED) is 0.243. The van der Waals surface area contributed by atoms with Crippen LogP contribution >= 0.6 is 35.1 Å². The topological polar surface area (TPSA) is 159 Å². The van der Waals surface area contributed by atoms with E-state index in [-0.39, 0.29) is 79.5 Å². The summed E-state index contributed by atoms with van der Waals surface area (Å²) in [5, 5.41) is 13.5. The van der Waals surface area contributed by atoms with Crippen LogP contribution in [0.2, 0.25) is 0 Å². The average molecular weight is 696 g/mol. The minimum absolute atomic E-state index is 0. The molecule has 2 aromatic heterocycles. The molecule has 0 fully saturated rings. The Labute approximate surface area is 287 Å². The number of nitrogens with one attached hydrogen (secondary N) is 3. The van der Waals surface area contributed by atoms with E-state index in [1.807, 2.05) is 50.2 Å². The smallest absolute Gasteiger partial charge is 0.271 e. The molecule has 0 aliphatic carbocycles. The number of halogens is 1. The summed E-state index contributed by atoms with van der Waals surface area (Å²) < 4.78 is 0. The molecule has 5 rings (SSSR count). The van der Waals surface area contributed by atoms with Gasteiger partial charge in [0.25, 0.3) is 17.7 Å². The Morgan fingerprint density at radius 1 is 0.936 bits per heavy atom. The van der Waals surface area contributed by atoms with Gasteiger partial charge in [0.05, 0.1) is 18.6 Å². The molecule has 1 aliphatic heterocycles. The molecule has 4 bridgehead atoms. The second-order valence-electron chi connectivity index (χ2n) is 11.4. The van der Waals surface area contributed by atoms with E-state index in [0.29, 0.717) is 28.4 Å². The lowest BCUT2D eigenvalue weighted by Gasteiger charge is -2.24. The van der Waals surface area contributed by atoms with E-state index in [1.54, 1.807) is 29.0 Å². The molecule has 4 aromatic rings. The molecule has 3 heterocycles. The molecule has 14 heteroatoms. The fourth-order valence-electron chi connectivity index (χ4n) is 5.11. The van der Waals surface area contributed by atoms with E-state index in [0.717, 1.165) is 11.1 Å². The summed E-state index contributed by atoms with van der Waals surface area (Å²) >= 11 is 2.60. The highest BCUT2D eigenvalue weighted by molar-refractivity contribution is 7.10. The van der Waals surface area contributed by atoms with Gasteiger partial charge in [-0.1, -0.05) is 56.3 Å². The zero-order valence-electron chi connectivity index (χ0n) is 26.1. The summed E-state index contributed by atoms with van der Waals surface area (Å²) in [4.78, 5) is 64.3. The summed E-state index contributed by atoms with van der Waals surface area (Å²) in [7, 11) is 0. The Balaban J connectivity index is 0.00000500. The lowest BCUT2D eigenvalue weighted by Crippen LogP contribution is -2.43. The fraction of sp³-hybridized carbons (Fsp3) is 0.333. The first-order chi connectivity index (χ1) is 22.2. The van der Waals surface area contributed by atoms with Crippen LogP contribution in [-0.4, -0.2) is 58.1 Å². The van der Waals surface area contributed by atoms with Crippen LogP contribution in [0.3, 0.4) is 0 Å². The first kappa shape index (κ1) is 35.7. The predicted octanol–water partition coefficient (Wildman–Crippen LogP) is 4.28. The van der Waals surface area contributed by atoms with Crippen molar-refractivity contribution in [2.75, 3.05) is 19.6 Å². The lowest BCUT2D eigenvalue weighted by molar-refractivity contribution is -0.122. The van der Waals surface area contributed by atoms with Crippen LogP contribution in [0.25, 0.3) is 0 Å². The zero-order valence-corrected chi connectivity index (χ0v) is 28.6. The van der Waals surface area contributed by atoms with E-state index in [1.165, 1.54) is 27.6 Å². The van der Waals surface area contributed by atoms with Crippen molar-refractivity contribution in [2.45, 2.75) is 45.3 Å². The van der Waals surface area contributed by atoms with Crippen LogP contribution < -0.4 is 21.7 Å². The Kier molecular flexibility index (Phi) is 12.6. The summed E-state index contributed by atoms with van der Waals surface area (Å²) in [6, 6.07) is 15.7. The van der Waals surface area contributed by atoms with Crippen LogP contribution in [0.1, 0.15) is 84.8 Å². The molecule has 47 heavy (non-hydrogen) atoms. The van der Waals surface area contributed by atoms with Gasteiger partial charge >= 0.3 is 0 Å². The molecule has 2 atom stereocenters. The molecule has 2 aromatic carbocycles. The Bertz CT molecular complexity index is 1690. The minimum Gasteiger partial charge on any atom is -0.351 e. The van der Waals surface area contributed by atoms with Gasteiger partial charge in [-0.05, 0) is 42.0 Å². The van der Waals surface area contributed by atoms with Gasteiger partial charge < -0.3 is 26.6 Å². The van der Waals surface area contributed by atoms with Gasteiger partial charge in [0.15, 0.2) is 0 Å². The maximum absolute atomic E-state index is 13.7. The maximum Gasteiger partial charge on any atom is 0.271 e. The van der Waals surface area contributed by atoms with Crippen LogP contribution in [0, 0.1) is 5.92 Å². The molecule has 0 radical (unpaired) electrons. The van der Waals surface area contributed by atoms with Gasteiger partial charge in [-0.3, -0.25) is 19.2 Å². The Morgan fingerprint density at radius 2 is 1.62 bits per heavy atom. The molecule has 11 nitrogen and oxygen atoms in total. The predicted molar refractivity (Wildman–Crippen MR) is 185 cm³/mol.